The molecule has 3 aromatic heterocycles. The van der Waals surface area contributed by atoms with Crippen molar-refractivity contribution in [2.45, 2.75) is 52.6 Å². The molecule has 2 aromatic carbocycles. The predicted molar refractivity (Wildman–Crippen MR) is 180 cm³/mol. The van der Waals surface area contributed by atoms with Crippen molar-refractivity contribution in [3.8, 4) is 22.7 Å². The first kappa shape index (κ1) is 32.5. The van der Waals surface area contributed by atoms with Crippen LogP contribution in [-0.4, -0.2) is 55.7 Å². The molecule has 0 atom stereocenters. The number of aromatic nitrogens is 5. The lowest BCUT2D eigenvalue weighted by molar-refractivity contribution is 0.0771. The number of likely N-dealkylation sites (N-methyl/N-ethyl adjacent to an activating group) is 1. The molecule has 10 nitrogen and oxygen atoms in total. The molecular formula is C35H40FN7O3. The summed E-state index contributed by atoms with van der Waals surface area (Å²) < 4.78 is 23.9. The molecule has 0 aliphatic rings. The van der Waals surface area contributed by atoms with Crippen LogP contribution in [0.5, 0.6) is 5.75 Å². The first-order valence-corrected chi connectivity index (χ1v) is 15.0. The molecule has 5 aromatic rings. The minimum atomic E-state index is -0.585. The van der Waals surface area contributed by atoms with Crippen LogP contribution in [0.25, 0.3) is 27.7 Å². The molecule has 0 bridgehead atoms. The van der Waals surface area contributed by atoms with Gasteiger partial charge in [0.05, 0.1) is 29.2 Å². The fourth-order valence-corrected chi connectivity index (χ4v) is 5.56. The van der Waals surface area contributed by atoms with Gasteiger partial charge < -0.3 is 15.0 Å². The third-order valence-corrected chi connectivity index (χ3v) is 7.67. The maximum atomic E-state index is 15.3. The molecule has 0 radical (unpaired) electrons. The number of rotatable bonds is 8. The van der Waals surface area contributed by atoms with Crippen LogP contribution >= 0.6 is 0 Å². The third kappa shape index (κ3) is 6.69. The Labute approximate surface area is 267 Å². The lowest BCUT2D eigenvalue weighted by atomic mass is 9.86. The Kier molecular flexibility index (Phi) is 8.57. The zero-order valence-electron chi connectivity index (χ0n) is 27.8. The van der Waals surface area contributed by atoms with Crippen molar-refractivity contribution in [3.63, 3.8) is 0 Å². The van der Waals surface area contributed by atoms with E-state index < -0.39 is 17.0 Å². The Hall–Kier alpha value is -4.90. The van der Waals surface area contributed by atoms with E-state index in [0.717, 1.165) is 12.1 Å². The second-order valence-electron chi connectivity index (χ2n) is 13.5. The number of fused-ring (bicyclic) bond motifs is 1. The highest BCUT2D eigenvalue weighted by Crippen LogP contribution is 2.29. The van der Waals surface area contributed by atoms with Crippen LogP contribution in [0.2, 0.25) is 0 Å². The number of aryl methyl sites for hydroxylation is 1. The van der Waals surface area contributed by atoms with Gasteiger partial charge in [0.15, 0.2) is 0 Å². The monoisotopic (exact) mass is 625 g/mol. The van der Waals surface area contributed by atoms with Crippen molar-refractivity contribution in [2.75, 3.05) is 26.0 Å². The Balaban J connectivity index is 1.49. The lowest BCUT2D eigenvalue weighted by Crippen LogP contribution is -2.39. The fraction of sp³-hybridized carbons (Fsp3) is 0.343. The summed E-state index contributed by atoms with van der Waals surface area (Å²) >= 11 is 0. The van der Waals surface area contributed by atoms with Gasteiger partial charge in [-0.3, -0.25) is 9.59 Å². The van der Waals surface area contributed by atoms with E-state index in [2.05, 4.69) is 25.4 Å². The van der Waals surface area contributed by atoms with E-state index in [1.165, 1.54) is 21.6 Å². The molecular weight excluding hydrogens is 585 g/mol. The summed E-state index contributed by atoms with van der Waals surface area (Å²) in [6.07, 6.45) is 3.13. The molecule has 0 amide bonds. The van der Waals surface area contributed by atoms with Gasteiger partial charge in [0.1, 0.15) is 28.7 Å². The highest BCUT2D eigenvalue weighted by molar-refractivity contribution is 5.83. The highest BCUT2D eigenvalue weighted by atomic mass is 19.1. The third-order valence-electron chi connectivity index (χ3n) is 7.67. The lowest BCUT2D eigenvalue weighted by Gasteiger charge is -2.29. The zero-order valence-corrected chi connectivity index (χ0v) is 27.8. The highest BCUT2D eigenvalue weighted by Gasteiger charge is 2.22. The van der Waals surface area contributed by atoms with Gasteiger partial charge in [-0.25, -0.2) is 14.1 Å². The summed E-state index contributed by atoms with van der Waals surface area (Å²) in [6.45, 7) is 12.5. The molecule has 0 unspecified atom stereocenters. The summed E-state index contributed by atoms with van der Waals surface area (Å²) in [5.41, 5.74) is 1.76. The summed E-state index contributed by atoms with van der Waals surface area (Å²) in [6, 6.07) is 13.8. The van der Waals surface area contributed by atoms with Gasteiger partial charge in [-0.1, -0.05) is 32.9 Å². The van der Waals surface area contributed by atoms with Crippen molar-refractivity contribution in [1.29, 1.82) is 0 Å². The van der Waals surface area contributed by atoms with E-state index in [1.807, 2.05) is 67.8 Å². The van der Waals surface area contributed by atoms with Crippen LogP contribution in [0.4, 0.5) is 15.9 Å². The molecule has 0 aliphatic heterocycles. The number of hydrogen-bond acceptors (Lipinski definition) is 8. The van der Waals surface area contributed by atoms with Gasteiger partial charge in [0, 0.05) is 24.5 Å². The molecule has 0 aliphatic carbocycles. The molecule has 5 rings (SSSR count). The van der Waals surface area contributed by atoms with Crippen molar-refractivity contribution in [1.82, 2.24) is 29.4 Å². The van der Waals surface area contributed by atoms with E-state index >= 15 is 4.39 Å². The van der Waals surface area contributed by atoms with E-state index in [9.17, 15) is 9.59 Å². The van der Waals surface area contributed by atoms with Gasteiger partial charge in [0.2, 0.25) is 0 Å². The van der Waals surface area contributed by atoms with Gasteiger partial charge in [-0.05, 0) is 87.8 Å². The minimum Gasteiger partial charge on any atom is -0.485 e. The van der Waals surface area contributed by atoms with E-state index in [1.54, 1.807) is 43.6 Å². The average Bonchev–Trinajstić information content (AvgIpc) is 2.95. The van der Waals surface area contributed by atoms with Crippen molar-refractivity contribution < 1.29 is 9.13 Å². The van der Waals surface area contributed by atoms with Crippen LogP contribution in [0.15, 0.2) is 70.5 Å². The summed E-state index contributed by atoms with van der Waals surface area (Å²) in [7, 11) is 5.54. The second kappa shape index (κ2) is 12.1. The Morgan fingerprint density at radius 2 is 1.72 bits per heavy atom. The largest absolute Gasteiger partial charge is 0.485 e. The number of ether oxygens (including phenoxy) is 1. The van der Waals surface area contributed by atoms with Gasteiger partial charge in [0.25, 0.3) is 11.1 Å². The number of halogens is 1. The number of pyridine rings is 1. The van der Waals surface area contributed by atoms with Crippen LogP contribution in [-0.2, 0) is 12.5 Å². The molecule has 0 saturated carbocycles. The maximum absolute atomic E-state index is 15.3. The van der Waals surface area contributed by atoms with Crippen LogP contribution in [0, 0.1) is 12.7 Å². The standard InChI is InChI=1S/C35H40FN7O3/c1-21-25(11-10-12-29(21)43-33(45)31-22(18-38-43)15-23(16-26(31)36)34(2,3)4)27-17-28(32(44)42(9)40-27)39-30-14-13-24(19-37-30)46-35(5,6)20-41(7)8/h10-19H,20H2,1-9H3,(H,37,39). The summed E-state index contributed by atoms with van der Waals surface area (Å²) in [5, 5.41) is 12.4. The predicted octanol–water partition coefficient (Wildman–Crippen LogP) is 5.75. The van der Waals surface area contributed by atoms with Crippen LogP contribution in [0.3, 0.4) is 0 Å². The van der Waals surface area contributed by atoms with Crippen molar-refractivity contribution >= 4 is 22.3 Å². The molecule has 240 valence electrons. The van der Waals surface area contributed by atoms with Gasteiger partial charge in [-0.2, -0.15) is 14.9 Å². The normalized spacial score (nSPS) is 12.2. The minimum absolute atomic E-state index is 0.0234. The van der Waals surface area contributed by atoms with E-state index in [4.69, 9.17) is 4.74 Å². The molecule has 11 heteroatoms. The molecule has 3 heterocycles. The number of anilines is 2. The first-order chi connectivity index (χ1) is 21.5. The number of benzene rings is 2. The molecule has 0 spiro atoms. The van der Waals surface area contributed by atoms with Gasteiger partial charge >= 0.3 is 0 Å². The SMILES string of the molecule is Cc1c(-c2cc(Nc3ccc(OC(C)(C)CN(C)C)cn3)c(=O)n(C)n2)cccc1-n1ncc2cc(C(C)(C)C)cc(F)c2c1=O. The molecule has 0 fully saturated rings. The molecule has 46 heavy (non-hydrogen) atoms. The Morgan fingerprint density at radius 1 is 0.978 bits per heavy atom. The fourth-order valence-electron chi connectivity index (χ4n) is 5.56. The zero-order chi connectivity index (χ0) is 33.6. The first-order valence-electron chi connectivity index (χ1n) is 15.0. The molecule has 1 N–H and O–H groups in total. The van der Waals surface area contributed by atoms with Crippen molar-refractivity contribution in [2.24, 2.45) is 7.05 Å². The number of hydrogen-bond donors (Lipinski definition) is 1. The van der Waals surface area contributed by atoms with Crippen molar-refractivity contribution in [3.05, 3.63) is 98.6 Å². The summed E-state index contributed by atoms with van der Waals surface area (Å²) in [5.74, 6) is 0.486. The Morgan fingerprint density at radius 3 is 2.37 bits per heavy atom. The number of nitrogens with one attached hydrogen (secondary N) is 1. The van der Waals surface area contributed by atoms with E-state index in [0.29, 0.717) is 39.5 Å². The smallest absolute Gasteiger partial charge is 0.290 e. The Bertz CT molecular complexity index is 2040. The van der Waals surface area contributed by atoms with Crippen LogP contribution < -0.4 is 21.2 Å². The van der Waals surface area contributed by atoms with E-state index in [-0.39, 0.29) is 22.0 Å². The van der Waals surface area contributed by atoms with Crippen LogP contribution in [0.1, 0.15) is 45.7 Å². The van der Waals surface area contributed by atoms with Gasteiger partial charge in [-0.15, -0.1) is 0 Å². The quantitative estimate of drug-likeness (QED) is 0.232. The summed E-state index contributed by atoms with van der Waals surface area (Å²) in [4.78, 5) is 33.1. The topological polar surface area (TPSA) is 107 Å². The number of nitrogens with zero attached hydrogens (tertiary/aromatic N) is 6. The second-order valence-corrected chi connectivity index (χ2v) is 13.5. The average molecular weight is 626 g/mol. The maximum Gasteiger partial charge on any atom is 0.290 e. The molecule has 0 saturated heterocycles.